The van der Waals surface area contributed by atoms with E-state index in [0.717, 1.165) is 51.6 Å². The van der Waals surface area contributed by atoms with E-state index in [-0.39, 0.29) is 30.7 Å². The molecule has 21 heavy (non-hydrogen) atoms. The van der Waals surface area contributed by atoms with Crippen LogP contribution in [0.2, 0.25) is 0 Å². The molecule has 8 heteroatoms. The highest BCUT2D eigenvalue weighted by Crippen LogP contribution is 2.15. The number of piperazine rings is 1. The van der Waals surface area contributed by atoms with Crippen molar-refractivity contribution in [2.75, 3.05) is 44.2 Å². The van der Waals surface area contributed by atoms with Crippen LogP contribution in [-0.2, 0) is 4.79 Å². The Labute approximate surface area is 137 Å². The van der Waals surface area contributed by atoms with Crippen LogP contribution >= 0.6 is 24.8 Å². The molecule has 1 atom stereocenters. The molecule has 0 spiro atoms. The second kappa shape index (κ2) is 8.36. The molecule has 1 unspecified atom stereocenters. The Bertz CT molecular complexity index is 433. The molecule has 1 aromatic heterocycles. The van der Waals surface area contributed by atoms with Crippen LogP contribution < -0.4 is 10.2 Å². The molecule has 118 valence electrons. The number of aromatic nitrogens is 2. The second-order valence-electron chi connectivity index (χ2n) is 5.05. The first-order valence-corrected chi connectivity index (χ1v) is 6.86. The number of carbonyl (C=O) groups excluding carboxylic acids is 1. The van der Waals surface area contributed by atoms with Crippen molar-refractivity contribution >= 4 is 36.7 Å². The first-order chi connectivity index (χ1) is 9.34. The normalized spacial score (nSPS) is 21.4. The number of rotatable bonds is 2. The lowest BCUT2D eigenvalue weighted by Crippen LogP contribution is -2.51. The standard InChI is InChI=1S/C13H19N5O.2ClH/c19-12(11-2-5-14-10-11)17-6-8-18(9-7-17)13-15-3-1-4-16-13;;/h1,3-4,11,14H,2,5-10H2;2*1H. The fourth-order valence-corrected chi connectivity index (χ4v) is 2.70. The molecule has 0 aliphatic carbocycles. The molecule has 0 radical (unpaired) electrons. The lowest BCUT2D eigenvalue weighted by molar-refractivity contribution is -0.135. The Morgan fingerprint density at radius 2 is 1.81 bits per heavy atom. The van der Waals surface area contributed by atoms with Crippen molar-refractivity contribution in [1.29, 1.82) is 0 Å². The number of hydrogen-bond donors (Lipinski definition) is 1. The Kier molecular flexibility index (Phi) is 7.14. The molecule has 6 nitrogen and oxygen atoms in total. The van der Waals surface area contributed by atoms with E-state index in [9.17, 15) is 4.79 Å². The summed E-state index contributed by atoms with van der Waals surface area (Å²) >= 11 is 0. The monoisotopic (exact) mass is 333 g/mol. The van der Waals surface area contributed by atoms with Crippen LogP contribution in [0.4, 0.5) is 5.95 Å². The Morgan fingerprint density at radius 3 is 2.38 bits per heavy atom. The summed E-state index contributed by atoms with van der Waals surface area (Å²) in [6, 6.07) is 1.82. The van der Waals surface area contributed by atoms with Crippen molar-refractivity contribution in [3.63, 3.8) is 0 Å². The highest BCUT2D eigenvalue weighted by atomic mass is 35.5. The molecule has 0 bridgehead atoms. The van der Waals surface area contributed by atoms with Crippen molar-refractivity contribution in [1.82, 2.24) is 20.2 Å². The van der Waals surface area contributed by atoms with Gasteiger partial charge in [-0.05, 0) is 19.0 Å². The van der Waals surface area contributed by atoms with E-state index >= 15 is 0 Å². The number of nitrogens with zero attached hydrogens (tertiary/aromatic N) is 4. The van der Waals surface area contributed by atoms with Gasteiger partial charge in [-0.3, -0.25) is 4.79 Å². The van der Waals surface area contributed by atoms with E-state index < -0.39 is 0 Å². The average Bonchev–Trinajstić information content (AvgIpc) is 3.02. The summed E-state index contributed by atoms with van der Waals surface area (Å²) in [7, 11) is 0. The van der Waals surface area contributed by atoms with Crippen LogP contribution in [0.5, 0.6) is 0 Å². The van der Waals surface area contributed by atoms with Gasteiger partial charge in [0.15, 0.2) is 0 Å². The lowest BCUT2D eigenvalue weighted by Gasteiger charge is -2.35. The van der Waals surface area contributed by atoms with Gasteiger partial charge in [0.2, 0.25) is 11.9 Å². The van der Waals surface area contributed by atoms with Gasteiger partial charge in [-0.25, -0.2) is 9.97 Å². The summed E-state index contributed by atoms with van der Waals surface area (Å²) < 4.78 is 0. The van der Waals surface area contributed by atoms with E-state index in [2.05, 4.69) is 20.2 Å². The third-order valence-electron chi connectivity index (χ3n) is 3.84. The highest BCUT2D eigenvalue weighted by Gasteiger charge is 2.29. The van der Waals surface area contributed by atoms with Crippen molar-refractivity contribution in [3.8, 4) is 0 Å². The molecular weight excluding hydrogens is 313 g/mol. The van der Waals surface area contributed by atoms with Crippen LogP contribution in [-0.4, -0.2) is 60.0 Å². The van der Waals surface area contributed by atoms with Gasteiger partial charge in [0, 0.05) is 45.1 Å². The zero-order valence-corrected chi connectivity index (χ0v) is 13.4. The van der Waals surface area contributed by atoms with Crippen molar-refractivity contribution in [2.45, 2.75) is 6.42 Å². The third kappa shape index (κ3) is 4.18. The van der Waals surface area contributed by atoms with Gasteiger partial charge in [0.05, 0.1) is 5.92 Å². The van der Waals surface area contributed by atoms with Gasteiger partial charge in [-0.15, -0.1) is 24.8 Å². The first kappa shape index (κ1) is 17.9. The van der Waals surface area contributed by atoms with E-state index in [1.165, 1.54) is 0 Å². The maximum atomic E-state index is 12.3. The van der Waals surface area contributed by atoms with Gasteiger partial charge < -0.3 is 15.1 Å². The quantitative estimate of drug-likeness (QED) is 0.857. The molecule has 3 heterocycles. The zero-order valence-electron chi connectivity index (χ0n) is 11.8. The summed E-state index contributed by atoms with van der Waals surface area (Å²) in [5.41, 5.74) is 0. The molecular formula is C13H21Cl2N5O. The topological polar surface area (TPSA) is 61.4 Å². The molecule has 2 fully saturated rings. The smallest absolute Gasteiger partial charge is 0.227 e. The summed E-state index contributed by atoms with van der Waals surface area (Å²) in [4.78, 5) is 24.9. The predicted octanol–water partition coefficient (Wildman–Crippen LogP) is 0.578. The van der Waals surface area contributed by atoms with E-state index in [1.807, 2.05) is 11.0 Å². The lowest BCUT2D eigenvalue weighted by atomic mass is 10.1. The number of halogens is 2. The number of anilines is 1. The van der Waals surface area contributed by atoms with Gasteiger partial charge in [0.1, 0.15) is 0 Å². The molecule has 0 saturated carbocycles. The average molecular weight is 334 g/mol. The minimum atomic E-state index is 0. The SMILES string of the molecule is Cl.Cl.O=C(C1CCNC1)N1CCN(c2ncccn2)CC1. The molecule has 3 rings (SSSR count). The molecule has 1 N–H and O–H groups in total. The third-order valence-corrected chi connectivity index (χ3v) is 3.84. The molecule has 2 aliphatic rings. The Balaban J connectivity index is 0.00000110. The van der Waals surface area contributed by atoms with Crippen molar-refractivity contribution in [2.24, 2.45) is 5.92 Å². The molecule has 0 aromatic carbocycles. The van der Waals surface area contributed by atoms with Gasteiger partial charge in [0.25, 0.3) is 0 Å². The minimum Gasteiger partial charge on any atom is -0.339 e. The molecule has 1 amide bonds. The van der Waals surface area contributed by atoms with Gasteiger partial charge >= 0.3 is 0 Å². The number of nitrogens with one attached hydrogen (secondary N) is 1. The number of hydrogen-bond acceptors (Lipinski definition) is 5. The van der Waals surface area contributed by atoms with Crippen LogP contribution in [0.1, 0.15) is 6.42 Å². The largest absolute Gasteiger partial charge is 0.339 e. The predicted molar refractivity (Wildman–Crippen MR) is 86.3 cm³/mol. The van der Waals surface area contributed by atoms with Crippen LogP contribution in [0.3, 0.4) is 0 Å². The van der Waals surface area contributed by atoms with E-state index in [1.54, 1.807) is 12.4 Å². The molecule has 2 aliphatic heterocycles. The molecule has 2 saturated heterocycles. The number of amides is 1. The Hall–Kier alpha value is -1.11. The summed E-state index contributed by atoms with van der Waals surface area (Å²) in [6.07, 6.45) is 4.48. The van der Waals surface area contributed by atoms with Crippen LogP contribution in [0.25, 0.3) is 0 Å². The van der Waals surface area contributed by atoms with Crippen LogP contribution in [0.15, 0.2) is 18.5 Å². The summed E-state index contributed by atoms with van der Waals surface area (Å²) in [6.45, 7) is 4.97. The van der Waals surface area contributed by atoms with Crippen LogP contribution in [0, 0.1) is 5.92 Å². The zero-order chi connectivity index (χ0) is 13.1. The van der Waals surface area contributed by atoms with Gasteiger partial charge in [-0.1, -0.05) is 0 Å². The summed E-state index contributed by atoms with van der Waals surface area (Å²) in [5.74, 6) is 1.25. The van der Waals surface area contributed by atoms with E-state index in [4.69, 9.17) is 0 Å². The van der Waals surface area contributed by atoms with E-state index in [0.29, 0.717) is 5.91 Å². The second-order valence-corrected chi connectivity index (χ2v) is 5.05. The van der Waals surface area contributed by atoms with Crippen molar-refractivity contribution in [3.05, 3.63) is 18.5 Å². The maximum Gasteiger partial charge on any atom is 0.227 e. The molecule has 1 aromatic rings. The maximum absolute atomic E-state index is 12.3. The fourth-order valence-electron chi connectivity index (χ4n) is 2.70. The highest BCUT2D eigenvalue weighted by molar-refractivity contribution is 5.85. The van der Waals surface area contributed by atoms with Crippen molar-refractivity contribution < 1.29 is 4.79 Å². The minimum absolute atomic E-state index is 0. The number of carbonyl (C=O) groups is 1. The Morgan fingerprint density at radius 1 is 1.14 bits per heavy atom. The summed E-state index contributed by atoms with van der Waals surface area (Å²) in [5, 5.41) is 3.25. The first-order valence-electron chi connectivity index (χ1n) is 6.86. The fraction of sp³-hybridized carbons (Fsp3) is 0.615. The van der Waals surface area contributed by atoms with Gasteiger partial charge in [-0.2, -0.15) is 0 Å².